The highest BCUT2D eigenvalue weighted by atomic mass is 32.2. The predicted octanol–water partition coefficient (Wildman–Crippen LogP) is 5.08. The molecule has 2 aromatic carbocycles. The largest absolute Gasteiger partial charge is 0.371 e. The molecule has 3 heterocycles. The zero-order valence-corrected chi connectivity index (χ0v) is 25.8. The molecule has 43 heavy (non-hydrogen) atoms. The van der Waals surface area contributed by atoms with E-state index < -0.39 is 9.84 Å². The number of piperidine rings is 1. The molecule has 1 N–H and O–H groups in total. The lowest BCUT2D eigenvalue weighted by Gasteiger charge is -2.45. The fourth-order valence-corrected chi connectivity index (χ4v) is 10.2. The van der Waals surface area contributed by atoms with Crippen LogP contribution in [0.25, 0.3) is 0 Å². The van der Waals surface area contributed by atoms with E-state index in [0.29, 0.717) is 22.8 Å². The molecule has 3 aromatic rings. The van der Waals surface area contributed by atoms with E-state index in [-0.39, 0.29) is 21.6 Å². The molecule has 7 nitrogen and oxygen atoms in total. The molecule has 2 saturated carbocycles. The van der Waals surface area contributed by atoms with Crippen LogP contribution in [-0.2, 0) is 20.0 Å². The summed E-state index contributed by atoms with van der Waals surface area (Å²) in [5.74, 6) is 1.39. The third-order valence-electron chi connectivity index (χ3n) is 11.0. The summed E-state index contributed by atoms with van der Waals surface area (Å²) in [5.41, 5.74) is 2.97. The second kappa shape index (κ2) is 11.0. The Kier molecular flexibility index (Phi) is 7.33. The normalized spacial score (nSPS) is 28.1. The van der Waals surface area contributed by atoms with E-state index >= 15 is 0 Å². The van der Waals surface area contributed by atoms with Crippen molar-refractivity contribution in [3.05, 3.63) is 84.7 Å². The average Bonchev–Trinajstić information content (AvgIpc) is 3.54. The molecule has 0 bridgehead atoms. The van der Waals surface area contributed by atoms with Gasteiger partial charge in [-0.1, -0.05) is 36.8 Å². The molecule has 2 aliphatic heterocycles. The maximum atomic E-state index is 12.9. The highest BCUT2D eigenvalue weighted by molar-refractivity contribution is 7.91. The molecule has 1 aromatic heterocycles. The van der Waals surface area contributed by atoms with Crippen LogP contribution in [0.4, 0.5) is 5.69 Å². The molecule has 7 rings (SSSR count). The Labute approximate surface area is 255 Å². The Morgan fingerprint density at radius 1 is 0.930 bits per heavy atom. The zero-order valence-electron chi connectivity index (χ0n) is 25.0. The minimum absolute atomic E-state index is 0.107. The van der Waals surface area contributed by atoms with Crippen LogP contribution in [0, 0.1) is 17.3 Å². The van der Waals surface area contributed by atoms with Crippen LogP contribution in [0.15, 0.2) is 88.9 Å². The highest BCUT2D eigenvalue weighted by Crippen LogP contribution is 2.76. The Balaban J connectivity index is 0.953. The van der Waals surface area contributed by atoms with Gasteiger partial charge in [0.1, 0.15) is 0 Å². The number of anilines is 1. The highest BCUT2D eigenvalue weighted by Gasteiger charge is 2.74. The fourth-order valence-electron chi connectivity index (χ4n) is 9.00. The quantitative estimate of drug-likeness (QED) is 0.390. The van der Waals surface area contributed by atoms with E-state index in [1.165, 1.54) is 62.2 Å². The molecule has 8 heteroatoms. The molecule has 2 unspecified atom stereocenters. The van der Waals surface area contributed by atoms with Crippen molar-refractivity contribution >= 4 is 21.4 Å². The first-order chi connectivity index (χ1) is 20.8. The van der Waals surface area contributed by atoms with Gasteiger partial charge in [0.15, 0.2) is 0 Å². The number of pyridine rings is 1. The van der Waals surface area contributed by atoms with Gasteiger partial charge < -0.3 is 15.1 Å². The number of benzene rings is 2. The molecule has 2 aliphatic carbocycles. The summed E-state index contributed by atoms with van der Waals surface area (Å²) < 4.78 is 25.8. The topological polar surface area (TPSA) is 82.6 Å². The first-order valence-electron chi connectivity index (χ1n) is 15.9. The minimum Gasteiger partial charge on any atom is -0.371 e. The molecule has 3 atom stereocenters. The second-order valence-electron chi connectivity index (χ2n) is 13.3. The van der Waals surface area contributed by atoms with E-state index in [1.54, 1.807) is 19.1 Å². The van der Waals surface area contributed by atoms with Gasteiger partial charge >= 0.3 is 0 Å². The van der Waals surface area contributed by atoms with Crippen LogP contribution in [0.2, 0.25) is 0 Å². The van der Waals surface area contributed by atoms with Crippen LogP contribution in [0.3, 0.4) is 0 Å². The van der Waals surface area contributed by atoms with Crippen LogP contribution in [0.1, 0.15) is 51.0 Å². The van der Waals surface area contributed by atoms with Crippen LogP contribution in [0.5, 0.6) is 0 Å². The van der Waals surface area contributed by atoms with Crippen molar-refractivity contribution in [2.24, 2.45) is 17.3 Å². The first-order valence-corrected chi connectivity index (χ1v) is 17.4. The summed E-state index contributed by atoms with van der Waals surface area (Å²) in [4.78, 5) is 21.6. The molecule has 1 spiro atoms. The average molecular weight is 599 g/mol. The molecular weight excluding hydrogens is 556 g/mol. The maximum absolute atomic E-state index is 12.9. The Hall–Kier alpha value is -3.23. The molecular formula is C35H42N4O3S. The van der Waals surface area contributed by atoms with Gasteiger partial charge in [-0.3, -0.25) is 9.78 Å². The van der Waals surface area contributed by atoms with Crippen molar-refractivity contribution in [1.82, 2.24) is 15.2 Å². The van der Waals surface area contributed by atoms with Crippen LogP contribution < -0.4 is 10.2 Å². The van der Waals surface area contributed by atoms with Gasteiger partial charge in [0, 0.05) is 67.4 Å². The fraction of sp³-hybridized carbons (Fsp3) is 0.486. The Morgan fingerprint density at radius 2 is 1.60 bits per heavy atom. The van der Waals surface area contributed by atoms with E-state index in [1.807, 2.05) is 12.1 Å². The van der Waals surface area contributed by atoms with Gasteiger partial charge in [0.2, 0.25) is 15.7 Å². The SMILES string of the molecule is CC(=O)N[C@H]1CCCC12CC2(c1ccccc1)C1CCN(CC2CN(c3ccc(S(=O)(=O)c4ccncc4)cc3)C2)CC1. The third kappa shape index (κ3) is 4.96. The van der Waals surface area contributed by atoms with Gasteiger partial charge in [-0.2, -0.15) is 0 Å². The second-order valence-corrected chi connectivity index (χ2v) is 15.3. The monoisotopic (exact) mass is 598 g/mol. The van der Waals surface area contributed by atoms with Crippen LogP contribution >= 0.6 is 0 Å². The summed E-state index contributed by atoms with van der Waals surface area (Å²) >= 11 is 0. The molecule has 1 amide bonds. The van der Waals surface area contributed by atoms with Gasteiger partial charge in [-0.25, -0.2) is 8.42 Å². The third-order valence-corrected chi connectivity index (χ3v) is 12.8. The lowest BCUT2D eigenvalue weighted by Crippen LogP contribution is -2.53. The number of nitrogens with one attached hydrogen (secondary N) is 1. The van der Waals surface area contributed by atoms with Crippen molar-refractivity contribution in [3.8, 4) is 0 Å². The van der Waals surface area contributed by atoms with Crippen LogP contribution in [-0.4, -0.2) is 63.0 Å². The van der Waals surface area contributed by atoms with E-state index in [9.17, 15) is 13.2 Å². The lowest BCUT2D eigenvalue weighted by molar-refractivity contribution is -0.120. The minimum atomic E-state index is -3.53. The number of aromatic nitrogens is 1. The Morgan fingerprint density at radius 3 is 2.28 bits per heavy atom. The number of nitrogens with zero attached hydrogens (tertiary/aromatic N) is 3. The number of sulfone groups is 1. The number of hydrogen-bond acceptors (Lipinski definition) is 6. The van der Waals surface area contributed by atoms with E-state index in [2.05, 4.69) is 50.4 Å². The zero-order chi connectivity index (χ0) is 29.7. The summed E-state index contributed by atoms with van der Waals surface area (Å²) in [5, 5.41) is 3.36. The van der Waals surface area contributed by atoms with Gasteiger partial charge in [-0.05, 0) is 93.1 Å². The number of hydrogen-bond donors (Lipinski definition) is 1. The van der Waals surface area contributed by atoms with Gasteiger partial charge in [-0.15, -0.1) is 0 Å². The molecule has 0 radical (unpaired) electrons. The van der Waals surface area contributed by atoms with Crippen molar-refractivity contribution in [1.29, 1.82) is 0 Å². The summed E-state index contributed by atoms with van der Waals surface area (Å²) in [7, 11) is -3.53. The lowest BCUT2D eigenvalue weighted by atomic mass is 9.70. The summed E-state index contributed by atoms with van der Waals surface area (Å²) in [6, 6.07) is 21.9. The molecule has 2 saturated heterocycles. The summed E-state index contributed by atoms with van der Waals surface area (Å²) in [6.45, 7) is 7.08. The van der Waals surface area contributed by atoms with Crippen molar-refractivity contribution in [2.75, 3.05) is 37.6 Å². The number of carbonyl (C=O) groups is 1. The van der Waals surface area contributed by atoms with Crippen molar-refractivity contribution < 1.29 is 13.2 Å². The molecule has 4 aliphatic rings. The Bertz CT molecular complexity index is 1550. The van der Waals surface area contributed by atoms with Gasteiger partial charge in [0.25, 0.3) is 0 Å². The predicted molar refractivity (Wildman–Crippen MR) is 168 cm³/mol. The van der Waals surface area contributed by atoms with Crippen molar-refractivity contribution in [2.45, 2.75) is 66.7 Å². The molecule has 226 valence electrons. The summed E-state index contributed by atoms with van der Waals surface area (Å²) in [6.07, 6.45) is 10.2. The van der Waals surface area contributed by atoms with E-state index in [4.69, 9.17) is 0 Å². The number of amides is 1. The smallest absolute Gasteiger partial charge is 0.217 e. The van der Waals surface area contributed by atoms with Gasteiger partial charge in [0.05, 0.1) is 9.79 Å². The number of carbonyl (C=O) groups excluding carboxylic acids is 1. The van der Waals surface area contributed by atoms with Crippen molar-refractivity contribution in [3.63, 3.8) is 0 Å². The first kappa shape index (κ1) is 28.5. The molecule has 4 fully saturated rings. The number of rotatable bonds is 8. The number of likely N-dealkylation sites (tertiary alicyclic amines) is 1. The standard InChI is InChI=1S/C35H42N4O3S/c1-26(40)37-33-8-5-17-34(33)25-35(34,28-6-3-2-4-7-28)29-15-20-38(21-16-29)22-27-23-39(24-27)30-9-11-31(12-10-30)43(41,42)32-13-18-36-19-14-32/h2-4,6-7,9-14,18-19,27,29,33H,5,8,15-17,20-25H2,1H3,(H,37,40)/t33-,34?,35?/m0/s1. The van der Waals surface area contributed by atoms with E-state index in [0.717, 1.165) is 44.8 Å². The maximum Gasteiger partial charge on any atom is 0.217 e.